The third-order valence-corrected chi connectivity index (χ3v) is 3.41. The van der Waals surface area contributed by atoms with Crippen LogP contribution in [0, 0.1) is 11.7 Å². The van der Waals surface area contributed by atoms with Crippen molar-refractivity contribution in [1.82, 2.24) is 4.90 Å². The average molecular weight is 255 g/mol. The molecule has 0 aliphatic rings. The monoisotopic (exact) mass is 255 g/mol. The molecular weight excluding hydrogens is 233 g/mol. The zero-order valence-electron chi connectivity index (χ0n) is 10.7. The number of hydrogen-bond donors (Lipinski definition) is 1. The highest BCUT2D eigenvalue weighted by Gasteiger charge is 2.09. The molecule has 0 spiro atoms. The van der Waals surface area contributed by atoms with Gasteiger partial charge in [-0.3, -0.25) is 0 Å². The smallest absolute Gasteiger partial charge is 0.123 e. The topological polar surface area (TPSA) is 3.24 Å². The van der Waals surface area contributed by atoms with Gasteiger partial charge in [-0.05, 0) is 42.8 Å². The minimum Gasteiger partial charge on any atom is -0.302 e. The van der Waals surface area contributed by atoms with E-state index < -0.39 is 0 Å². The van der Waals surface area contributed by atoms with Gasteiger partial charge in [-0.25, -0.2) is 4.39 Å². The summed E-state index contributed by atoms with van der Waals surface area (Å²) in [5, 5.41) is 0. The van der Waals surface area contributed by atoms with Gasteiger partial charge < -0.3 is 4.90 Å². The van der Waals surface area contributed by atoms with Crippen LogP contribution in [0.5, 0.6) is 0 Å². The second kappa shape index (κ2) is 7.72. The Morgan fingerprint density at radius 2 is 1.94 bits per heavy atom. The standard InChI is InChI=1S/C14H22FNS/c1-3-4-13(11-17)10-16(2)9-12-5-7-14(15)8-6-12/h5-8,13,17H,3-4,9-11H2,1-2H3. The molecule has 0 amide bonds. The second-order valence-electron chi connectivity index (χ2n) is 4.66. The van der Waals surface area contributed by atoms with Crippen molar-refractivity contribution in [1.29, 1.82) is 0 Å². The largest absolute Gasteiger partial charge is 0.302 e. The van der Waals surface area contributed by atoms with Crippen LogP contribution in [0.1, 0.15) is 25.3 Å². The Labute approximate surface area is 109 Å². The van der Waals surface area contributed by atoms with Crippen LogP contribution in [0.4, 0.5) is 4.39 Å². The van der Waals surface area contributed by atoms with Gasteiger partial charge >= 0.3 is 0 Å². The number of nitrogens with zero attached hydrogens (tertiary/aromatic N) is 1. The van der Waals surface area contributed by atoms with Gasteiger partial charge in [0.15, 0.2) is 0 Å². The molecule has 0 heterocycles. The summed E-state index contributed by atoms with van der Waals surface area (Å²) in [5.74, 6) is 1.41. The SMILES string of the molecule is CCCC(CS)CN(C)Cc1ccc(F)cc1. The van der Waals surface area contributed by atoms with Crippen LogP contribution in [-0.4, -0.2) is 24.2 Å². The predicted molar refractivity (Wildman–Crippen MR) is 75.0 cm³/mol. The van der Waals surface area contributed by atoms with Gasteiger partial charge in [-0.2, -0.15) is 12.6 Å². The molecule has 0 saturated carbocycles. The van der Waals surface area contributed by atoms with E-state index in [1.807, 2.05) is 12.1 Å². The Hall–Kier alpha value is -0.540. The van der Waals surface area contributed by atoms with Gasteiger partial charge in [0, 0.05) is 13.1 Å². The van der Waals surface area contributed by atoms with E-state index in [4.69, 9.17) is 0 Å². The van der Waals surface area contributed by atoms with Crippen molar-refractivity contribution in [3.8, 4) is 0 Å². The van der Waals surface area contributed by atoms with E-state index in [0.29, 0.717) is 5.92 Å². The third kappa shape index (κ3) is 5.55. The van der Waals surface area contributed by atoms with Gasteiger partial charge in [0.05, 0.1) is 0 Å². The summed E-state index contributed by atoms with van der Waals surface area (Å²) in [6, 6.07) is 6.74. The molecule has 1 unspecified atom stereocenters. The molecule has 1 atom stereocenters. The van der Waals surface area contributed by atoms with Crippen molar-refractivity contribution < 1.29 is 4.39 Å². The minimum absolute atomic E-state index is 0.171. The van der Waals surface area contributed by atoms with Crippen LogP contribution < -0.4 is 0 Å². The molecule has 0 saturated heterocycles. The summed E-state index contributed by atoms with van der Waals surface area (Å²) in [6.45, 7) is 4.12. The molecule has 1 nitrogen and oxygen atoms in total. The Kier molecular flexibility index (Phi) is 6.60. The van der Waals surface area contributed by atoms with E-state index in [2.05, 4.69) is 31.5 Å². The Bertz CT molecular complexity index is 313. The first-order valence-corrected chi connectivity index (χ1v) is 6.82. The summed E-state index contributed by atoms with van der Waals surface area (Å²) in [5.41, 5.74) is 1.16. The maximum absolute atomic E-state index is 12.8. The summed E-state index contributed by atoms with van der Waals surface area (Å²) < 4.78 is 12.8. The lowest BCUT2D eigenvalue weighted by molar-refractivity contribution is 0.273. The second-order valence-corrected chi connectivity index (χ2v) is 5.03. The molecule has 0 radical (unpaired) electrons. The van der Waals surface area contributed by atoms with E-state index in [1.54, 1.807) is 0 Å². The van der Waals surface area contributed by atoms with Gasteiger partial charge in [-0.1, -0.05) is 25.5 Å². The zero-order valence-corrected chi connectivity index (χ0v) is 11.6. The first kappa shape index (κ1) is 14.5. The van der Waals surface area contributed by atoms with Crippen LogP contribution in [0.2, 0.25) is 0 Å². The number of hydrogen-bond acceptors (Lipinski definition) is 2. The highest BCUT2D eigenvalue weighted by molar-refractivity contribution is 7.80. The molecule has 0 aliphatic heterocycles. The van der Waals surface area contributed by atoms with Crippen LogP contribution in [0.15, 0.2) is 24.3 Å². The molecule has 0 bridgehead atoms. The molecule has 0 N–H and O–H groups in total. The van der Waals surface area contributed by atoms with E-state index in [9.17, 15) is 4.39 Å². The summed E-state index contributed by atoms with van der Waals surface area (Å²) >= 11 is 4.39. The van der Waals surface area contributed by atoms with Crippen molar-refractivity contribution >= 4 is 12.6 Å². The number of rotatable bonds is 7. The first-order valence-electron chi connectivity index (χ1n) is 6.19. The molecule has 0 fully saturated rings. The Balaban J connectivity index is 2.42. The Morgan fingerprint density at radius 1 is 1.29 bits per heavy atom. The first-order chi connectivity index (χ1) is 8.15. The van der Waals surface area contributed by atoms with Crippen LogP contribution >= 0.6 is 12.6 Å². The van der Waals surface area contributed by atoms with Crippen molar-refractivity contribution in [2.24, 2.45) is 5.92 Å². The number of halogens is 1. The van der Waals surface area contributed by atoms with Gasteiger partial charge in [0.1, 0.15) is 5.82 Å². The molecule has 3 heteroatoms. The fourth-order valence-electron chi connectivity index (χ4n) is 2.06. The molecule has 1 rings (SSSR count). The van der Waals surface area contributed by atoms with E-state index >= 15 is 0 Å². The quantitative estimate of drug-likeness (QED) is 0.729. The maximum atomic E-state index is 12.8. The van der Waals surface area contributed by atoms with Crippen molar-refractivity contribution in [2.45, 2.75) is 26.3 Å². The lowest BCUT2D eigenvalue weighted by Crippen LogP contribution is -2.26. The summed E-state index contributed by atoms with van der Waals surface area (Å²) in [7, 11) is 2.11. The van der Waals surface area contributed by atoms with Gasteiger partial charge in [0.2, 0.25) is 0 Å². The van der Waals surface area contributed by atoms with E-state index in [-0.39, 0.29) is 5.82 Å². The number of thiol groups is 1. The normalized spacial score (nSPS) is 13.0. The highest BCUT2D eigenvalue weighted by Crippen LogP contribution is 2.12. The van der Waals surface area contributed by atoms with Crippen molar-refractivity contribution in [2.75, 3.05) is 19.3 Å². The predicted octanol–water partition coefficient (Wildman–Crippen LogP) is 3.60. The fraction of sp³-hybridized carbons (Fsp3) is 0.571. The highest BCUT2D eigenvalue weighted by atomic mass is 32.1. The minimum atomic E-state index is -0.171. The molecular formula is C14H22FNS. The molecule has 0 aliphatic carbocycles. The van der Waals surface area contributed by atoms with Crippen molar-refractivity contribution in [3.05, 3.63) is 35.6 Å². The van der Waals surface area contributed by atoms with Crippen LogP contribution in [0.25, 0.3) is 0 Å². The summed E-state index contributed by atoms with van der Waals surface area (Å²) in [6.07, 6.45) is 2.42. The lowest BCUT2D eigenvalue weighted by atomic mass is 10.1. The van der Waals surface area contributed by atoms with Gasteiger partial charge in [-0.15, -0.1) is 0 Å². The third-order valence-electron chi connectivity index (χ3n) is 2.89. The molecule has 17 heavy (non-hydrogen) atoms. The lowest BCUT2D eigenvalue weighted by Gasteiger charge is -2.22. The summed E-state index contributed by atoms with van der Waals surface area (Å²) in [4.78, 5) is 2.28. The van der Waals surface area contributed by atoms with E-state index in [0.717, 1.165) is 24.4 Å². The average Bonchev–Trinajstić information content (AvgIpc) is 2.31. The molecule has 96 valence electrons. The molecule has 1 aromatic rings. The van der Waals surface area contributed by atoms with E-state index in [1.165, 1.54) is 25.0 Å². The Morgan fingerprint density at radius 3 is 2.47 bits per heavy atom. The fourth-order valence-corrected chi connectivity index (χ4v) is 2.35. The number of benzene rings is 1. The van der Waals surface area contributed by atoms with Gasteiger partial charge in [0.25, 0.3) is 0 Å². The molecule has 1 aromatic carbocycles. The maximum Gasteiger partial charge on any atom is 0.123 e. The molecule has 0 aromatic heterocycles. The van der Waals surface area contributed by atoms with Crippen molar-refractivity contribution in [3.63, 3.8) is 0 Å². The van der Waals surface area contributed by atoms with Crippen LogP contribution in [-0.2, 0) is 6.54 Å². The van der Waals surface area contributed by atoms with Crippen LogP contribution in [0.3, 0.4) is 0 Å². The zero-order chi connectivity index (χ0) is 12.7.